The van der Waals surface area contributed by atoms with Crippen LogP contribution in [0.15, 0.2) is 48.8 Å². The molecule has 27 heavy (non-hydrogen) atoms. The van der Waals surface area contributed by atoms with Gasteiger partial charge in [-0.15, -0.1) is 0 Å². The molecule has 0 atom stereocenters. The van der Waals surface area contributed by atoms with Crippen LogP contribution in [0.4, 0.5) is 0 Å². The predicted molar refractivity (Wildman–Crippen MR) is 98.6 cm³/mol. The lowest BCUT2D eigenvalue weighted by atomic mass is 10.1. The van der Waals surface area contributed by atoms with E-state index in [4.69, 9.17) is 14.2 Å². The maximum absolute atomic E-state index is 12.3. The monoisotopic (exact) mass is 373 g/mol. The summed E-state index contributed by atoms with van der Waals surface area (Å²) in [7, 11) is 3.45. The van der Waals surface area contributed by atoms with Crippen molar-refractivity contribution in [3.63, 3.8) is 0 Å². The van der Waals surface area contributed by atoms with Gasteiger partial charge in [-0.1, -0.05) is 0 Å². The van der Waals surface area contributed by atoms with Crippen molar-refractivity contribution in [2.45, 2.75) is 19.4 Å². The SMILES string of the molecule is COc1ccc(OCC(=O)OCC(C)(C)NC(=O)c2cc[n+](C)cc2)cc1. The predicted octanol–water partition coefficient (Wildman–Crippen LogP) is 1.65. The Kier molecular flexibility index (Phi) is 6.76. The highest BCUT2D eigenvalue weighted by atomic mass is 16.6. The second kappa shape index (κ2) is 9.02. The zero-order valence-corrected chi connectivity index (χ0v) is 16.0. The zero-order chi connectivity index (χ0) is 19.9. The first-order valence-electron chi connectivity index (χ1n) is 8.49. The summed E-state index contributed by atoms with van der Waals surface area (Å²) in [6.07, 6.45) is 3.58. The number of esters is 1. The average Bonchev–Trinajstić information content (AvgIpc) is 2.65. The molecule has 0 aliphatic heterocycles. The van der Waals surface area contributed by atoms with Crippen molar-refractivity contribution >= 4 is 11.9 Å². The van der Waals surface area contributed by atoms with Crippen LogP contribution in [0.25, 0.3) is 0 Å². The Morgan fingerprint density at radius 2 is 1.63 bits per heavy atom. The molecule has 2 rings (SSSR count). The molecule has 0 saturated heterocycles. The summed E-state index contributed by atoms with van der Waals surface area (Å²) in [5.41, 5.74) is -0.180. The number of benzene rings is 1. The third-order valence-corrected chi connectivity index (χ3v) is 3.70. The smallest absolute Gasteiger partial charge is 0.344 e. The number of ether oxygens (including phenoxy) is 3. The third kappa shape index (κ3) is 6.62. The molecule has 7 heteroatoms. The van der Waals surface area contributed by atoms with E-state index in [-0.39, 0.29) is 19.1 Å². The van der Waals surface area contributed by atoms with Gasteiger partial charge in [-0.25, -0.2) is 9.36 Å². The van der Waals surface area contributed by atoms with Gasteiger partial charge in [-0.2, -0.15) is 0 Å². The van der Waals surface area contributed by atoms with Crippen LogP contribution in [0.1, 0.15) is 24.2 Å². The number of nitrogens with one attached hydrogen (secondary N) is 1. The number of hydrogen-bond acceptors (Lipinski definition) is 5. The largest absolute Gasteiger partial charge is 0.497 e. The van der Waals surface area contributed by atoms with E-state index in [1.165, 1.54) is 0 Å². The summed E-state index contributed by atoms with van der Waals surface area (Å²) in [5.74, 6) is 0.498. The Labute approximate surface area is 158 Å². The Morgan fingerprint density at radius 1 is 1.04 bits per heavy atom. The first-order valence-corrected chi connectivity index (χ1v) is 8.49. The maximum atomic E-state index is 12.3. The van der Waals surface area contributed by atoms with Crippen LogP contribution in [0.2, 0.25) is 0 Å². The first kappa shape index (κ1) is 20.2. The summed E-state index contributed by atoms with van der Waals surface area (Å²) in [4.78, 5) is 24.2. The standard InChI is InChI=1S/C20H24N2O5/c1-20(2,21-19(24)15-9-11-22(3)12-10-15)14-27-18(23)13-26-17-7-5-16(25-4)6-8-17/h5-12H,13-14H2,1-4H3/p+1. The summed E-state index contributed by atoms with van der Waals surface area (Å²) in [6.45, 7) is 3.38. The van der Waals surface area contributed by atoms with Gasteiger partial charge >= 0.3 is 5.97 Å². The van der Waals surface area contributed by atoms with Crippen molar-refractivity contribution in [2.75, 3.05) is 20.3 Å². The molecule has 1 heterocycles. The number of pyridine rings is 1. The van der Waals surface area contributed by atoms with E-state index in [2.05, 4.69) is 5.32 Å². The first-order chi connectivity index (χ1) is 12.8. The normalized spacial score (nSPS) is 10.8. The molecular formula is C20H25N2O5+. The fourth-order valence-corrected chi connectivity index (χ4v) is 2.18. The van der Waals surface area contributed by atoms with E-state index in [1.54, 1.807) is 69.7 Å². The number of amides is 1. The number of nitrogens with zero attached hydrogens (tertiary/aromatic N) is 1. The Bertz CT molecular complexity index is 770. The minimum absolute atomic E-state index is 0.0319. The van der Waals surface area contributed by atoms with Crippen molar-refractivity contribution < 1.29 is 28.4 Å². The van der Waals surface area contributed by atoms with Crippen LogP contribution in [-0.4, -0.2) is 37.7 Å². The number of carbonyl (C=O) groups excluding carboxylic acids is 2. The molecule has 0 unspecified atom stereocenters. The van der Waals surface area contributed by atoms with Crippen LogP contribution in [0, 0.1) is 0 Å². The van der Waals surface area contributed by atoms with E-state index in [1.807, 2.05) is 11.6 Å². The van der Waals surface area contributed by atoms with E-state index < -0.39 is 11.5 Å². The van der Waals surface area contributed by atoms with Crippen molar-refractivity contribution in [1.82, 2.24) is 5.32 Å². The van der Waals surface area contributed by atoms with Gasteiger partial charge in [0, 0.05) is 12.1 Å². The Balaban J connectivity index is 1.78. The van der Waals surface area contributed by atoms with Gasteiger partial charge in [0.2, 0.25) is 0 Å². The average molecular weight is 373 g/mol. The molecule has 0 spiro atoms. The van der Waals surface area contributed by atoms with Gasteiger partial charge in [0.15, 0.2) is 19.0 Å². The molecule has 1 aromatic carbocycles. The molecule has 0 bridgehead atoms. The van der Waals surface area contributed by atoms with Crippen molar-refractivity contribution in [2.24, 2.45) is 7.05 Å². The van der Waals surface area contributed by atoms with E-state index in [0.717, 1.165) is 0 Å². The van der Waals surface area contributed by atoms with E-state index >= 15 is 0 Å². The molecule has 0 aliphatic carbocycles. The number of methoxy groups -OCH3 is 1. The second-order valence-corrected chi connectivity index (χ2v) is 6.72. The van der Waals surface area contributed by atoms with Crippen molar-refractivity contribution in [3.8, 4) is 11.5 Å². The molecule has 7 nitrogen and oxygen atoms in total. The second-order valence-electron chi connectivity index (χ2n) is 6.72. The van der Waals surface area contributed by atoms with Gasteiger partial charge < -0.3 is 19.5 Å². The highest BCUT2D eigenvalue weighted by Crippen LogP contribution is 2.17. The lowest BCUT2D eigenvalue weighted by Crippen LogP contribution is -2.47. The molecule has 1 amide bonds. The summed E-state index contributed by atoms with van der Waals surface area (Å²) < 4.78 is 17.5. The zero-order valence-electron chi connectivity index (χ0n) is 16.0. The number of rotatable bonds is 8. The van der Waals surface area contributed by atoms with Gasteiger partial charge in [-0.05, 0) is 38.1 Å². The summed E-state index contributed by atoms with van der Waals surface area (Å²) in [5, 5.41) is 2.85. The molecule has 144 valence electrons. The van der Waals surface area contributed by atoms with Crippen molar-refractivity contribution in [1.29, 1.82) is 0 Å². The molecular weight excluding hydrogens is 348 g/mol. The number of aromatic nitrogens is 1. The Hall–Kier alpha value is -3.09. The van der Waals surface area contributed by atoms with Gasteiger partial charge in [0.1, 0.15) is 25.2 Å². The molecule has 0 fully saturated rings. The molecule has 1 N–H and O–H groups in total. The Morgan fingerprint density at radius 3 is 2.22 bits per heavy atom. The van der Waals surface area contributed by atoms with E-state index in [9.17, 15) is 9.59 Å². The topological polar surface area (TPSA) is 77.7 Å². The van der Waals surface area contributed by atoms with Gasteiger partial charge in [0.05, 0.1) is 18.2 Å². The molecule has 1 aromatic heterocycles. The fourth-order valence-electron chi connectivity index (χ4n) is 2.18. The summed E-state index contributed by atoms with van der Waals surface area (Å²) >= 11 is 0. The molecule has 0 saturated carbocycles. The van der Waals surface area contributed by atoms with E-state index in [0.29, 0.717) is 17.1 Å². The van der Waals surface area contributed by atoms with Crippen LogP contribution >= 0.6 is 0 Å². The number of carbonyl (C=O) groups is 2. The molecule has 2 aromatic rings. The van der Waals surface area contributed by atoms with Crippen LogP contribution in [0.3, 0.4) is 0 Å². The molecule has 0 radical (unpaired) electrons. The van der Waals surface area contributed by atoms with Gasteiger partial charge in [-0.3, -0.25) is 4.79 Å². The van der Waals surface area contributed by atoms with Crippen LogP contribution < -0.4 is 19.4 Å². The third-order valence-electron chi connectivity index (χ3n) is 3.70. The summed E-state index contributed by atoms with van der Waals surface area (Å²) in [6, 6.07) is 10.3. The quantitative estimate of drug-likeness (QED) is 0.562. The number of hydrogen-bond donors (Lipinski definition) is 1. The van der Waals surface area contributed by atoms with Crippen molar-refractivity contribution in [3.05, 3.63) is 54.4 Å². The highest BCUT2D eigenvalue weighted by molar-refractivity contribution is 5.94. The lowest BCUT2D eigenvalue weighted by Gasteiger charge is -2.25. The van der Waals surface area contributed by atoms with Crippen LogP contribution in [0.5, 0.6) is 11.5 Å². The minimum Gasteiger partial charge on any atom is -0.497 e. The minimum atomic E-state index is -0.717. The number of aryl methyl sites for hydroxylation is 1. The fraction of sp³-hybridized carbons (Fsp3) is 0.350. The maximum Gasteiger partial charge on any atom is 0.344 e. The van der Waals surface area contributed by atoms with Gasteiger partial charge in [0.25, 0.3) is 5.91 Å². The lowest BCUT2D eigenvalue weighted by molar-refractivity contribution is -0.671. The molecule has 0 aliphatic rings. The highest BCUT2D eigenvalue weighted by Gasteiger charge is 2.23. The van der Waals surface area contributed by atoms with Crippen LogP contribution in [-0.2, 0) is 16.6 Å².